The second kappa shape index (κ2) is 10.4. The number of hydrogen-bond acceptors (Lipinski definition) is 6. The van der Waals surface area contributed by atoms with E-state index in [1.807, 2.05) is 57.2 Å². The van der Waals surface area contributed by atoms with E-state index in [0.717, 1.165) is 33.2 Å². The van der Waals surface area contributed by atoms with Crippen molar-refractivity contribution in [2.75, 3.05) is 19.0 Å². The van der Waals surface area contributed by atoms with Gasteiger partial charge in [-0.25, -0.2) is 0 Å². The summed E-state index contributed by atoms with van der Waals surface area (Å²) in [6.45, 7) is 6.12. The molecule has 0 atom stereocenters. The number of aryl methyl sites for hydroxylation is 1. The van der Waals surface area contributed by atoms with E-state index in [4.69, 9.17) is 13.9 Å². The van der Waals surface area contributed by atoms with Crippen LogP contribution in [0.25, 0.3) is 27.7 Å². The number of furan rings is 1. The van der Waals surface area contributed by atoms with E-state index in [2.05, 4.69) is 5.32 Å². The van der Waals surface area contributed by atoms with Gasteiger partial charge in [0.1, 0.15) is 17.1 Å². The number of non-ortho nitro benzene ring substituents is 1. The van der Waals surface area contributed by atoms with Crippen LogP contribution in [0.3, 0.4) is 0 Å². The molecule has 0 spiro atoms. The zero-order valence-electron chi connectivity index (χ0n) is 20.5. The molecule has 8 heteroatoms. The number of methoxy groups -OCH3 is 1. The minimum Gasteiger partial charge on any atom is -0.494 e. The van der Waals surface area contributed by atoms with Gasteiger partial charge in [-0.15, -0.1) is 0 Å². The van der Waals surface area contributed by atoms with Gasteiger partial charge in [-0.2, -0.15) is 0 Å². The largest absolute Gasteiger partial charge is 0.494 e. The Balaban J connectivity index is 1.74. The smallest absolute Gasteiger partial charge is 0.273 e. The summed E-state index contributed by atoms with van der Waals surface area (Å²) >= 11 is 0. The van der Waals surface area contributed by atoms with Crippen molar-refractivity contribution in [2.45, 2.75) is 20.8 Å². The lowest BCUT2D eigenvalue weighted by atomic mass is 9.96. The highest BCUT2D eigenvalue weighted by Gasteiger charge is 2.19. The third-order valence-electron chi connectivity index (χ3n) is 5.84. The van der Waals surface area contributed by atoms with Crippen molar-refractivity contribution in [3.8, 4) is 22.6 Å². The number of ether oxygens (including phenoxy) is 2. The van der Waals surface area contributed by atoms with Gasteiger partial charge < -0.3 is 19.2 Å². The molecular weight excluding hydrogens is 460 g/mol. The van der Waals surface area contributed by atoms with E-state index >= 15 is 0 Å². The summed E-state index contributed by atoms with van der Waals surface area (Å²) in [5.74, 6) is 0.436. The standard InChI is InChI=1S/C28H26N2O6/c1-5-35-27-18(3)28-22(23(16-36-28)19-9-7-6-8-10-19)15-21(27)17(2)13-26(31)29-24-12-11-20(30(32)33)14-25(24)34-4/h6-16H,5H2,1-4H3,(H,29,31)/b17-13+. The number of fused-ring (bicyclic) bond motifs is 1. The van der Waals surface area contributed by atoms with Crippen LogP contribution in [0.1, 0.15) is 25.0 Å². The Hall–Kier alpha value is -4.59. The van der Waals surface area contributed by atoms with Gasteiger partial charge in [-0.05, 0) is 44.0 Å². The first kappa shape index (κ1) is 24.5. The number of amides is 1. The van der Waals surface area contributed by atoms with Crippen molar-refractivity contribution in [2.24, 2.45) is 0 Å². The third-order valence-corrected chi connectivity index (χ3v) is 5.84. The lowest BCUT2D eigenvalue weighted by Gasteiger charge is -2.15. The minimum absolute atomic E-state index is 0.129. The first-order valence-electron chi connectivity index (χ1n) is 11.4. The molecule has 0 unspecified atom stereocenters. The molecule has 0 bridgehead atoms. The molecule has 1 N–H and O–H groups in total. The normalized spacial score (nSPS) is 11.4. The predicted molar refractivity (Wildman–Crippen MR) is 139 cm³/mol. The van der Waals surface area contributed by atoms with E-state index < -0.39 is 10.8 Å². The quantitative estimate of drug-likeness (QED) is 0.167. The number of nitro benzene ring substituents is 1. The Morgan fingerprint density at radius 3 is 2.58 bits per heavy atom. The first-order valence-corrected chi connectivity index (χ1v) is 11.4. The molecule has 0 aliphatic rings. The second-order valence-corrected chi connectivity index (χ2v) is 8.16. The maximum absolute atomic E-state index is 12.9. The predicted octanol–water partition coefficient (Wildman–Crippen LogP) is 6.77. The highest BCUT2D eigenvalue weighted by molar-refractivity contribution is 6.06. The van der Waals surface area contributed by atoms with E-state index in [1.165, 1.54) is 31.4 Å². The number of anilines is 1. The highest BCUT2D eigenvalue weighted by atomic mass is 16.6. The van der Waals surface area contributed by atoms with E-state index in [-0.39, 0.29) is 11.4 Å². The van der Waals surface area contributed by atoms with Gasteiger partial charge in [0.2, 0.25) is 5.91 Å². The van der Waals surface area contributed by atoms with Crippen LogP contribution >= 0.6 is 0 Å². The van der Waals surface area contributed by atoms with Gasteiger partial charge in [-0.1, -0.05) is 30.3 Å². The molecule has 0 saturated heterocycles. The summed E-state index contributed by atoms with van der Waals surface area (Å²) in [4.78, 5) is 23.4. The summed E-state index contributed by atoms with van der Waals surface area (Å²) < 4.78 is 17.1. The van der Waals surface area contributed by atoms with Crippen molar-refractivity contribution in [1.29, 1.82) is 0 Å². The van der Waals surface area contributed by atoms with Gasteiger partial charge in [0.05, 0.1) is 36.7 Å². The molecule has 0 fully saturated rings. The Morgan fingerprint density at radius 2 is 1.92 bits per heavy atom. The topological polar surface area (TPSA) is 104 Å². The fraction of sp³-hybridized carbons (Fsp3) is 0.179. The van der Waals surface area contributed by atoms with Gasteiger partial charge in [0.25, 0.3) is 5.69 Å². The lowest BCUT2D eigenvalue weighted by Crippen LogP contribution is -2.10. The van der Waals surface area contributed by atoms with E-state index in [1.54, 1.807) is 6.26 Å². The fourth-order valence-corrected chi connectivity index (χ4v) is 4.12. The van der Waals surface area contributed by atoms with Gasteiger partial charge >= 0.3 is 0 Å². The minimum atomic E-state index is -0.522. The molecule has 36 heavy (non-hydrogen) atoms. The average molecular weight is 487 g/mol. The van der Waals surface area contributed by atoms with Crippen molar-refractivity contribution < 1.29 is 23.6 Å². The second-order valence-electron chi connectivity index (χ2n) is 8.16. The van der Waals surface area contributed by atoms with Crippen molar-refractivity contribution >= 4 is 33.8 Å². The molecule has 4 aromatic rings. The highest BCUT2D eigenvalue weighted by Crippen LogP contribution is 2.40. The van der Waals surface area contributed by atoms with Crippen molar-refractivity contribution in [1.82, 2.24) is 0 Å². The van der Waals surface area contributed by atoms with Crippen LogP contribution in [0.5, 0.6) is 11.5 Å². The average Bonchev–Trinajstić information content (AvgIpc) is 3.30. The number of carbonyl (C=O) groups excluding carboxylic acids is 1. The number of hydrogen-bond donors (Lipinski definition) is 1. The fourth-order valence-electron chi connectivity index (χ4n) is 4.12. The number of rotatable bonds is 8. The molecule has 0 radical (unpaired) electrons. The molecule has 0 saturated carbocycles. The number of carbonyl (C=O) groups is 1. The van der Waals surface area contributed by atoms with E-state index in [0.29, 0.717) is 23.6 Å². The van der Waals surface area contributed by atoms with Gasteiger partial charge in [0.15, 0.2) is 0 Å². The van der Waals surface area contributed by atoms with Crippen LogP contribution in [0.15, 0.2) is 71.4 Å². The van der Waals surface area contributed by atoms with Gasteiger partial charge in [0, 0.05) is 34.2 Å². The van der Waals surface area contributed by atoms with Crippen molar-refractivity contribution in [3.05, 3.63) is 88.2 Å². The molecular formula is C28H26N2O6. The van der Waals surface area contributed by atoms with Crippen LogP contribution in [-0.2, 0) is 4.79 Å². The zero-order valence-corrected chi connectivity index (χ0v) is 20.5. The molecule has 8 nitrogen and oxygen atoms in total. The number of benzene rings is 3. The summed E-state index contributed by atoms with van der Waals surface area (Å²) in [5.41, 5.74) is 5.20. The molecule has 184 valence electrons. The molecule has 1 aromatic heterocycles. The van der Waals surface area contributed by atoms with Crippen LogP contribution in [-0.4, -0.2) is 24.5 Å². The number of nitro groups is 1. The molecule has 3 aromatic carbocycles. The molecule has 0 aliphatic heterocycles. The van der Waals surface area contributed by atoms with Gasteiger partial charge in [-0.3, -0.25) is 14.9 Å². The maximum Gasteiger partial charge on any atom is 0.273 e. The maximum atomic E-state index is 12.9. The summed E-state index contributed by atoms with van der Waals surface area (Å²) in [5, 5.41) is 14.7. The number of allylic oxidation sites excluding steroid dienone is 1. The molecule has 1 heterocycles. The summed E-state index contributed by atoms with van der Waals surface area (Å²) in [7, 11) is 1.39. The Labute approximate surface area is 208 Å². The molecule has 4 rings (SSSR count). The molecule has 1 amide bonds. The van der Waals surface area contributed by atoms with Crippen molar-refractivity contribution in [3.63, 3.8) is 0 Å². The SMILES string of the molecule is CCOc1c(/C(C)=C/C(=O)Nc2ccc([N+](=O)[O-])cc2OC)cc2c(-c3ccccc3)coc2c1C. The van der Waals surface area contributed by atoms with Crippen LogP contribution in [0.2, 0.25) is 0 Å². The zero-order chi connectivity index (χ0) is 25.8. The lowest BCUT2D eigenvalue weighted by molar-refractivity contribution is -0.384. The monoisotopic (exact) mass is 486 g/mol. The van der Waals surface area contributed by atoms with E-state index in [9.17, 15) is 14.9 Å². The summed E-state index contributed by atoms with van der Waals surface area (Å²) in [6, 6.07) is 15.9. The number of nitrogens with one attached hydrogen (secondary N) is 1. The number of nitrogens with zero attached hydrogens (tertiary/aromatic N) is 1. The summed E-state index contributed by atoms with van der Waals surface area (Å²) in [6.07, 6.45) is 3.20. The third kappa shape index (κ3) is 4.79. The first-order chi connectivity index (χ1) is 17.3. The van der Waals surface area contributed by atoms with Crippen LogP contribution in [0.4, 0.5) is 11.4 Å². The van der Waals surface area contributed by atoms with Crippen LogP contribution in [0, 0.1) is 17.0 Å². The Morgan fingerprint density at radius 1 is 1.17 bits per heavy atom. The molecule has 0 aliphatic carbocycles. The Kier molecular flexibility index (Phi) is 7.05. The van der Waals surface area contributed by atoms with Crippen LogP contribution < -0.4 is 14.8 Å². The Bertz CT molecular complexity index is 1470.